The van der Waals surface area contributed by atoms with Gasteiger partial charge in [-0.2, -0.15) is 5.26 Å². The van der Waals surface area contributed by atoms with Crippen molar-refractivity contribution in [3.05, 3.63) is 12.7 Å². The first-order valence-electron chi connectivity index (χ1n) is 1.29. The summed E-state index contributed by atoms with van der Waals surface area (Å²) >= 11 is 0. The molecular formula is C3H4O3Si. The predicted molar refractivity (Wildman–Crippen MR) is 24.7 cm³/mol. The Hall–Kier alpha value is -0.613. The maximum absolute atomic E-state index is 9.59. The smallest absolute Gasteiger partial charge is 0.296 e. The molecule has 0 aliphatic heterocycles. The monoisotopic (exact) mass is 116 g/mol. The van der Waals surface area contributed by atoms with Crippen molar-refractivity contribution in [3.63, 3.8) is 0 Å². The molecule has 0 bridgehead atoms. The van der Waals surface area contributed by atoms with Crippen LogP contribution in [0.4, 0.5) is 0 Å². The minimum Gasteiger partial charge on any atom is -0.296 e. The van der Waals surface area contributed by atoms with E-state index in [-0.39, 0.29) is 11.0 Å². The summed E-state index contributed by atoms with van der Waals surface area (Å²) in [5, 5.41) is 7.41. The molecule has 3 nitrogen and oxygen atoms in total. The fraction of sp³-hybridized carbons (Fsp3) is 0. The number of carbonyl (C=O) groups excluding carboxylic acids is 1. The van der Waals surface area contributed by atoms with E-state index in [1.807, 2.05) is 0 Å². The quantitative estimate of drug-likeness (QED) is 0.223. The Balaban J connectivity index is 0. The second-order valence-corrected chi connectivity index (χ2v) is 0.614. The van der Waals surface area contributed by atoms with Gasteiger partial charge in [0.15, 0.2) is 0 Å². The molecule has 0 fully saturated rings. The lowest BCUT2D eigenvalue weighted by molar-refractivity contribution is -0.228. The van der Waals surface area contributed by atoms with Crippen molar-refractivity contribution in [1.29, 1.82) is 0 Å². The second-order valence-electron chi connectivity index (χ2n) is 0.614. The Labute approximate surface area is 45.6 Å². The van der Waals surface area contributed by atoms with Crippen LogP contribution in [0.15, 0.2) is 12.7 Å². The molecule has 0 aromatic heterocycles. The van der Waals surface area contributed by atoms with Gasteiger partial charge in [-0.3, -0.25) is 4.89 Å². The number of carbonyl (C=O) groups is 1. The lowest BCUT2D eigenvalue weighted by Gasteiger charge is -1.78. The highest BCUT2D eigenvalue weighted by Crippen LogP contribution is 1.67. The van der Waals surface area contributed by atoms with Gasteiger partial charge in [-0.15, -0.1) is 0 Å². The van der Waals surface area contributed by atoms with E-state index in [0.717, 1.165) is 6.08 Å². The molecule has 4 radical (unpaired) electrons. The standard InChI is InChI=1S/C3H4O3.Si/c1-2-3(4)6-5;/h2,5H,1H2;. The van der Waals surface area contributed by atoms with Crippen LogP contribution in [0.5, 0.6) is 0 Å². The van der Waals surface area contributed by atoms with E-state index < -0.39 is 5.97 Å². The first-order valence-corrected chi connectivity index (χ1v) is 1.29. The molecule has 0 spiro atoms. The van der Waals surface area contributed by atoms with E-state index in [4.69, 9.17) is 5.26 Å². The minimum absolute atomic E-state index is 0. The van der Waals surface area contributed by atoms with Gasteiger partial charge in [0.25, 0.3) is 0 Å². The van der Waals surface area contributed by atoms with E-state index in [2.05, 4.69) is 11.5 Å². The summed E-state index contributed by atoms with van der Waals surface area (Å²) in [6, 6.07) is 0. The van der Waals surface area contributed by atoms with E-state index in [0.29, 0.717) is 0 Å². The summed E-state index contributed by atoms with van der Waals surface area (Å²) in [4.78, 5) is 12.7. The van der Waals surface area contributed by atoms with Crippen molar-refractivity contribution in [1.82, 2.24) is 0 Å². The number of rotatable bonds is 1. The van der Waals surface area contributed by atoms with Crippen LogP contribution in [-0.4, -0.2) is 22.2 Å². The maximum atomic E-state index is 9.59. The molecule has 0 aromatic rings. The van der Waals surface area contributed by atoms with Gasteiger partial charge in [0.05, 0.1) is 0 Å². The zero-order chi connectivity index (χ0) is 4.99. The molecule has 0 aliphatic carbocycles. The lowest BCUT2D eigenvalue weighted by Crippen LogP contribution is -1.92. The van der Waals surface area contributed by atoms with E-state index in [1.54, 1.807) is 0 Å². The summed E-state index contributed by atoms with van der Waals surface area (Å²) in [6.45, 7) is 3.00. The molecule has 0 unspecified atom stereocenters. The van der Waals surface area contributed by atoms with E-state index >= 15 is 0 Å². The third-order valence-electron chi connectivity index (χ3n) is 0.257. The predicted octanol–water partition coefficient (Wildman–Crippen LogP) is -0.192. The zero-order valence-corrected chi connectivity index (χ0v) is 4.55. The highest BCUT2D eigenvalue weighted by molar-refractivity contribution is 5.80. The summed E-state index contributed by atoms with van der Waals surface area (Å²) in [6.07, 6.45) is 0.861. The van der Waals surface area contributed by atoms with Crippen molar-refractivity contribution < 1.29 is 14.9 Å². The van der Waals surface area contributed by atoms with Crippen LogP contribution in [0, 0.1) is 0 Å². The minimum atomic E-state index is -0.838. The second kappa shape index (κ2) is 5.39. The van der Waals surface area contributed by atoms with Crippen LogP contribution in [0.3, 0.4) is 0 Å². The Morgan fingerprint density at radius 1 is 1.86 bits per heavy atom. The molecule has 0 saturated carbocycles. The first kappa shape index (κ1) is 9.63. The zero-order valence-electron chi connectivity index (χ0n) is 3.55. The topological polar surface area (TPSA) is 46.5 Å². The molecule has 0 heterocycles. The van der Waals surface area contributed by atoms with Crippen molar-refractivity contribution >= 4 is 16.9 Å². The summed E-state index contributed by atoms with van der Waals surface area (Å²) in [7, 11) is 0. The highest BCUT2D eigenvalue weighted by atomic mass is 28.1. The Bertz CT molecular complexity index is 70.6. The average Bonchev–Trinajstić information content (AvgIpc) is 1.65. The molecular weight excluding hydrogens is 112 g/mol. The maximum Gasteiger partial charge on any atom is 0.365 e. The van der Waals surface area contributed by atoms with Crippen molar-refractivity contribution in [2.24, 2.45) is 0 Å². The van der Waals surface area contributed by atoms with Crippen molar-refractivity contribution in [3.8, 4) is 0 Å². The van der Waals surface area contributed by atoms with Gasteiger partial charge < -0.3 is 0 Å². The molecule has 38 valence electrons. The molecule has 0 aromatic carbocycles. The molecule has 0 amide bonds. The summed E-state index contributed by atoms with van der Waals surface area (Å²) in [5.41, 5.74) is 0. The fourth-order valence-corrected chi connectivity index (χ4v) is 0.0373. The van der Waals surface area contributed by atoms with Gasteiger partial charge in [-0.05, 0) is 0 Å². The van der Waals surface area contributed by atoms with Gasteiger partial charge >= 0.3 is 5.97 Å². The average molecular weight is 116 g/mol. The van der Waals surface area contributed by atoms with Crippen LogP contribution in [0.1, 0.15) is 0 Å². The van der Waals surface area contributed by atoms with Gasteiger partial charge in [0, 0.05) is 17.0 Å². The van der Waals surface area contributed by atoms with Crippen LogP contribution in [0.2, 0.25) is 0 Å². The van der Waals surface area contributed by atoms with Crippen LogP contribution in [0.25, 0.3) is 0 Å². The third-order valence-corrected chi connectivity index (χ3v) is 0.257. The number of hydrogen-bond acceptors (Lipinski definition) is 3. The van der Waals surface area contributed by atoms with Gasteiger partial charge in [0.2, 0.25) is 0 Å². The first-order chi connectivity index (χ1) is 2.81. The molecule has 1 N–H and O–H groups in total. The van der Waals surface area contributed by atoms with Crippen molar-refractivity contribution in [2.75, 3.05) is 0 Å². The van der Waals surface area contributed by atoms with Gasteiger partial charge in [-0.25, -0.2) is 4.79 Å². The molecule has 7 heavy (non-hydrogen) atoms. The summed E-state index contributed by atoms with van der Waals surface area (Å²) < 4.78 is 0. The molecule has 0 rings (SSSR count). The van der Waals surface area contributed by atoms with Crippen molar-refractivity contribution in [2.45, 2.75) is 0 Å². The SMILES string of the molecule is C=CC(=O)OO.[Si]. The van der Waals surface area contributed by atoms with Gasteiger partial charge in [0.1, 0.15) is 0 Å². The van der Waals surface area contributed by atoms with E-state index in [9.17, 15) is 4.79 Å². The molecule has 0 saturated heterocycles. The van der Waals surface area contributed by atoms with Crippen LogP contribution in [-0.2, 0) is 9.68 Å². The summed E-state index contributed by atoms with van der Waals surface area (Å²) in [5.74, 6) is -0.838. The van der Waals surface area contributed by atoms with Gasteiger partial charge in [-0.1, -0.05) is 6.58 Å². The van der Waals surface area contributed by atoms with Crippen LogP contribution < -0.4 is 0 Å². The normalized spacial score (nSPS) is 5.86. The largest absolute Gasteiger partial charge is 0.365 e. The molecule has 4 heteroatoms. The van der Waals surface area contributed by atoms with E-state index in [1.165, 1.54) is 0 Å². The lowest BCUT2D eigenvalue weighted by atomic mass is 10.7. The third kappa shape index (κ3) is 5.39. The Morgan fingerprint density at radius 2 is 2.29 bits per heavy atom. The molecule has 0 atom stereocenters. The number of hydrogen-bond donors (Lipinski definition) is 1. The Kier molecular flexibility index (Phi) is 7.41. The Morgan fingerprint density at radius 3 is 2.29 bits per heavy atom. The molecule has 0 aliphatic rings. The van der Waals surface area contributed by atoms with Crippen LogP contribution >= 0.6 is 0 Å². The highest BCUT2D eigenvalue weighted by Gasteiger charge is 1.85. The fourth-order valence-electron chi connectivity index (χ4n) is 0.0373.